The Morgan fingerprint density at radius 1 is 1.00 bits per heavy atom. The lowest BCUT2D eigenvalue weighted by Gasteiger charge is -2.23. The highest BCUT2D eigenvalue weighted by molar-refractivity contribution is 7.12. The van der Waals surface area contributed by atoms with E-state index in [1.807, 2.05) is 41.8 Å². The number of pyridine rings is 1. The van der Waals surface area contributed by atoms with Crippen LogP contribution in [0.5, 0.6) is 11.5 Å². The third-order valence-electron chi connectivity index (χ3n) is 5.79. The molecule has 0 unspecified atom stereocenters. The van der Waals surface area contributed by atoms with Crippen molar-refractivity contribution in [3.05, 3.63) is 75.2 Å². The van der Waals surface area contributed by atoms with Crippen LogP contribution in [0.3, 0.4) is 0 Å². The summed E-state index contributed by atoms with van der Waals surface area (Å²) in [7, 11) is 0. The Labute approximate surface area is 248 Å². The molecule has 0 saturated carbocycles. The average Bonchev–Trinajstić information content (AvgIpc) is 3.61. The fourth-order valence-electron chi connectivity index (χ4n) is 3.79. The zero-order valence-corrected chi connectivity index (χ0v) is 23.6. The highest BCUT2D eigenvalue weighted by atomic mass is 35.5. The molecule has 0 saturated heterocycles. The van der Waals surface area contributed by atoms with Gasteiger partial charge >= 0.3 is 17.9 Å². The topological polar surface area (TPSA) is 196 Å². The molecule has 15 heteroatoms. The number of hydrogen-bond acceptors (Lipinski definition) is 10. The van der Waals surface area contributed by atoms with Gasteiger partial charge in [0.1, 0.15) is 0 Å². The minimum atomic E-state index is -2.74. The lowest BCUT2D eigenvalue weighted by atomic mass is 9.96. The van der Waals surface area contributed by atoms with Gasteiger partial charge in [-0.3, -0.25) is 24.3 Å². The molecule has 0 aliphatic carbocycles. The number of ether oxygens (including phenoxy) is 2. The molecular formula is C27H28ClN3O10S. The minimum Gasteiger partial charge on any atom is -0.481 e. The summed E-state index contributed by atoms with van der Waals surface area (Å²) < 4.78 is 10.9. The number of aliphatic carboxylic acids is 3. The molecule has 0 spiro atoms. The number of carbonyl (C=O) groups is 4. The number of carboxylic acids is 3. The summed E-state index contributed by atoms with van der Waals surface area (Å²) in [5.41, 5.74) is -0.845. The second-order valence-corrected chi connectivity index (χ2v) is 10.4. The van der Waals surface area contributed by atoms with Crippen LogP contribution in [-0.2, 0) is 27.5 Å². The van der Waals surface area contributed by atoms with E-state index in [2.05, 4.69) is 15.2 Å². The molecule has 4 rings (SSSR count). The van der Waals surface area contributed by atoms with Gasteiger partial charge in [0.05, 0.1) is 23.4 Å². The Morgan fingerprint density at radius 2 is 1.69 bits per heavy atom. The number of fused-ring (bicyclic) bond motifs is 1. The van der Waals surface area contributed by atoms with E-state index in [0.717, 1.165) is 11.3 Å². The Bertz CT molecular complexity index is 1370. The molecule has 0 atom stereocenters. The summed E-state index contributed by atoms with van der Waals surface area (Å²) in [6.45, 7) is 2.62. The third-order valence-corrected chi connectivity index (χ3v) is 7.01. The molecule has 5 N–H and O–H groups in total. The number of nitrogens with zero attached hydrogens (tertiary/aromatic N) is 2. The fraction of sp³-hybridized carbons (Fsp3) is 0.296. The van der Waals surface area contributed by atoms with E-state index >= 15 is 0 Å². The highest BCUT2D eigenvalue weighted by Gasteiger charge is 2.40. The van der Waals surface area contributed by atoms with Gasteiger partial charge in [-0.2, -0.15) is 0 Å². The van der Waals surface area contributed by atoms with Crippen molar-refractivity contribution in [2.45, 2.75) is 31.5 Å². The predicted molar refractivity (Wildman–Crippen MR) is 150 cm³/mol. The smallest absolute Gasteiger partial charge is 0.336 e. The molecule has 224 valence electrons. The summed E-state index contributed by atoms with van der Waals surface area (Å²) in [4.78, 5) is 50.0. The number of benzene rings is 1. The molecule has 0 bridgehead atoms. The van der Waals surface area contributed by atoms with Crippen LogP contribution in [0.25, 0.3) is 0 Å². The van der Waals surface area contributed by atoms with Crippen molar-refractivity contribution in [3.8, 4) is 11.5 Å². The monoisotopic (exact) mass is 621 g/mol. The van der Waals surface area contributed by atoms with Gasteiger partial charge in [0.25, 0.3) is 5.91 Å². The summed E-state index contributed by atoms with van der Waals surface area (Å²) in [5.74, 6) is -3.71. The van der Waals surface area contributed by atoms with Gasteiger partial charge in [-0.05, 0) is 35.2 Å². The van der Waals surface area contributed by atoms with E-state index in [-0.39, 0.29) is 12.7 Å². The predicted octanol–water partition coefficient (Wildman–Crippen LogP) is 2.71. The Balaban J connectivity index is 0.000000316. The molecule has 1 aliphatic rings. The fourth-order valence-corrected chi connectivity index (χ4v) is 4.65. The average molecular weight is 622 g/mol. The molecule has 0 fully saturated rings. The zero-order chi connectivity index (χ0) is 30.7. The van der Waals surface area contributed by atoms with Crippen LogP contribution < -0.4 is 14.8 Å². The molecule has 1 aromatic carbocycles. The highest BCUT2D eigenvalue weighted by Crippen LogP contribution is 2.37. The van der Waals surface area contributed by atoms with Gasteiger partial charge in [-0.1, -0.05) is 23.7 Å². The first kappa shape index (κ1) is 32.3. The van der Waals surface area contributed by atoms with Crippen LogP contribution >= 0.6 is 22.9 Å². The number of aromatic nitrogens is 1. The van der Waals surface area contributed by atoms with Crippen molar-refractivity contribution >= 4 is 46.8 Å². The van der Waals surface area contributed by atoms with Crippen molar-refractivity contribution in [2.24, 2.45) is 0 Å². The van der Waals surface area contributed by atoms with Gasteiger partial charge < -0.3 is 35.2 Å². The summed E-state index contributed by atoms with van der Waals surface area (Å²) in [6, 6.07) is 13.2. The van der Waals surface area contributed by atoms with Crippen molar-refractivity contribution in [2.75, 3.05) is 19.9 Å². The normalized spacial score (nSPS) is 11.9. The first-order valence-corrected chi connectivity index (χ1v) is 13.6. The van der Waals surface area contributed by atoms with Crippen LogP contribution in [0.1, 0.15) is 33.8 Å². The van der Waals surface area contributed by atoms with Crippen LogP contribution in [-0.4, -0.2) is 79.6 Å². The molecule has 13 nitrogen and oxygen atoms in total. The van der Waals surface area contributed by atoms with Crippen LogP contribution in [0.15, 0.2) is 54.0 Å². The van der Waals surface area contributed by atoms with Crippen molar-refractivity contribution < 1.29 is 49.1 Å². The second-order valence-electron chi connectivity index (χ2n) is 9.04. The number of amides is 1. The molecular weight excluding hydrogens is 594 g/mol. The van der Waals surface area contributed by atoms with Gasteiger partial charge in [0.15, 0.2) is 17.1 Å². The molecule has 0 radical (unpaired) electrons. The van der Waals surface area contributed by atoms with E-state index in [1.165, 1.54) is 11.3 Å². The van der Waals surface area contributed by atoms with Gasteiger partial charge in [-0.15, -0.1) is 11.3 Å². The van der Waals surface area contributed by atoms with Gasteiger partial charge in [0.2, 0.25) is 6.79 Å². The lowest BCUT2D eigenvalue weighted by molar-refractivity contribution is -0.170. The Hall–Kier alpha value is -4.24. The maximum atomic E-state index is 12.2. The van der Waals surface area contributed by atoms with E-state index in [9.17, 15) is 19.2 Å². The number of rotatable bonds is 13. The quantitative estimate of drug-likeness (QED) is 0.187. The maximum Gasteiger partial charge on any atom is 0.336 e. The Kier molecular flexibility index (Phi) is 11.6. The Morgan fingerprint density at radius 3 is 2.26 bits per heavy atom. The number of nitrogens with one attached hydrogen (secondary N) is 1. The van der Waals surface area contributed by atoms with E-state index in [1.54, 1.807) is 12.3 Å². The first-order valence-electron chi connectivity index (χ1n) is 12.4. The zero-order valence-electron chi connectivity index (χ0n) is 22.1. The van der Waals surface area contributed by atoms with Crippen LogP contribution in [0.2, 0.25) is 5.02 Å². The summed E-state index contributed by atoms with van der Waals surface area (Å²) >= 11 is 7.89. The molecule has 3 aromatic rings. The third kappa shape index (κ3) is 9.69. The van der Waals surface area contributed by atoms with Gasteiger partial charge in [-0.25, -0.2) is 4.79 Å². The number of aliphatic hydroxyl groups is 1. The SMILES string of the molecule is O=C(NCCN(Cc1ccccn1)Cc1cc2c(cc1Cl)OCO2)c1cccs1.O=C(O)CC(O)(CC(=O)O)C(=O)O. The molecule has 3 heterocycles. The van der Waals surface area contributed by atoms with E-state index < -0.39 is 36.4 Å². The maximum absolute atomic E-state index is 12.2. The number of thiophene rings is 1. The first-order chi connectivity index (χ1) is 20.0. The molecule has 42 heavy (non-hydrogen) atoms. The van der Waals surface area contributed by atoms with Gasteiger partial charge in [0, 0.05) is 43.5 Å². The van der Waals surface area contributed by atoms with Crippen LogP contribution in [0.4, 0.5) is 0 Å². The van der Waals surface area contributed by atoms with Crippen molar-refractivity contribution in [3.63, 3.8) is 0 Å². The molecule has 1 amide bonds. The number of halogens is 1. The van der Waals surface area contributed by atoms with E-state index in [0.29, 0.717) is 47.6 Å². The van der Waals surface area contributed by atoms with E-state index in [4.69, 9.17) is 41.5 Å². The summed E-state index contributed by atoms with van der Waals surface area (Å²) in [6.07, 6.45) is -0.511. The number of carboxylic acid groups (broad SMARTS) is 3. The second kappa shape index (κ2) is 15.1. The minimum absolute atomic E-state index is 0.0566. The lowest BCUT2D eigenvalue weighted by Crippen LogP contribution is -2.42. The largest absolute Gasteiger partial charge is 0.481 e. The number of carbonyl (C=O) groups excluding carboxylic acids is 1. The number of hydrogen-bond donors (Lipinski definition) is 5. The standard InChI is InChI=1S/C21H20ClN3O3S.C6H8O7/c22-17-11-19-18(27-14-28-19)10-15(17)12-25(13-16-4-1-2-6-23-16)8-7-24-21(26)20-5-3-9-29-20;7-3(8)1-6(13,5(11)12)2-4(9)10/h1-6,9-11H,7-8,12-14H2,(H,24,26);13H,1-2H2,(H,7,8)(H,9,10)(H,11,12). The van der Waals surface area contributed by atoms with Crippen molar-refractivity contribution in [1.29, 1.82) is 0 Å². The van der Waals surface area contributed by atoms with Crippen LogP contribution in [0, 0.1) is 0 Å². The van der Waals surface area contributed by atoms with Crippen molar-refractivity contribution in [1.82, 2.24) is 15.2 Å². The summed E-state index contributed by atoms with van der Waals surface area (Å²) in [5, 5.41) is 39.3. The molecule has 1 aliphatic heterocycles. The molecule has 2 aromatic heterocycles.